The number of para-hydroxylation sites is 4. The van der Waals surface area contributed by atoms with Crippen LogP contribution in [-0.2, 0) is 0 Å². The van der Waals surface area contributed by atoms with Crippen LogP contribution in [0.2, 0.25) is 5.02 Å². The Morgan fingerprint density at radius 1 is 0.559 bits per heavy atom. The molecule has 3 heterocycles. The van der Waals surface area contributed by atoms with Gasteiger partial charge < -0.3 is 4.57 Å². The topological polar surface area (TPSA) is 22.8 Å². The summed E-state index contributed by atoms with van der Waals surface area (Å²) in [5.41, 5.74) is 6.52. The molecule has 0 amide bonds. The Morgan fingerprint density at radius 3 is 1.38 bits per heavy atom. The summed E-state index contributed by atoms with van der Waals surface area (Å²) in [5.74, 6) is 0.866. The molecular weight excluding hydrogens is 438 g/mol. The molecule has 0 fully saturated rings. The van der Waals surface area contributed by atoms with Gasteiger partial charge in [-0.3, -0.25) is 4.57 Å². The third-order valence-corrected chi connectivity index (χ3v) is 7.20. The Hall–Kier alpha value is -4.08. The van der Waals surface area contributed by atoms with Gasteiger partial charge in [-0.2, -0.15) is 0 Å². The molecule has 3 aromatic heterocycles. The van der Waals surface area contributed by atoms with E-state index in [4.69, 9.17) is 16.6 Å². The standard InChI is InChI=1S/C30H20ClN3/c1-19-24(31)18-32-30(34-27-16-8-4-12-22(27)23-13-5-9-17-28(23)34)29(19)33-25-14-6-2-10-20(25)21-11-3-7-15-26(21)33/h2-18H,1H3. The Kier molecular flexibility index (Phi) is 4.11. The maximum absolute atomic E-state index is 6.72. The van der Waals surface area contributed by atoms with E-state index in [1.165, 1.54) is 21.5 Å². The van der Waals surface area contributed by atoms with Crippen molar-refractivity contribution in [2.75, 3.05) is 0 Å². The molecule has 0 aliphatic heterocycles. The van der Waals surface area contributed by atoms with Gasteiger partial charge in [-0.1, -0.05) is 84.4 Å². The van der Waals surface area contributed by atoms with Crippen LogP contribution in [0.5, 0.6) is 0 Å². The minimum absolute atomic E-state index is 0.654. The summed E-state index contributed by atoms with van der Waals surface area (Å²) >= 11 is 6.72. The van der Waals surface area contributed by atoms with E-state index in [-0.39, 0.29) is 0 Å². The summed E-state index contributed by atoms with van der Waals surface area (Å²) in [4.78, 5) is 4.96. The van der Waals surface area contributed by atoms with E-state index in [0.29, 0.717) is 5.02 Å². The lowest BCUT2D eigenvalue weighted by Gasteiger charge is -2.18. The first kappa shape index (κ1) is 19.4. The van der Waals surface area contributed by atoms with Crippen LogP contribution in [0, 0.1) is 6.92 Å². The summed E-state index contributed by atoms with van der Waals surface area (Å²) in [7, 11) is 0. The first-order chi connectivity index (χ1) is 16.7. The van der Waals surface area contributed by atoms with Crippen LogP contribution >= 0.6 is 11.6 Å². The van der Waals surface area contributed by atoms with Crippen molar-refractivity contribution in [1.82, 2.24) is 14.1 Å². The fourth-order valence-electron chi connectivity index (χ4n) is 5.30. The Bertz CT molecular complexity index is 1780. The number of halogens is 1. The molecule has 34 heavy (non-hydrogen) atoms. The number of rotatable bonds is 2. The van der Waals surface area contributed by atoms with Gasteiger partial charge in [0.2, 0.25) is 0 Å². The third-order valence-electron chi connectivity index (χ3n) is 6.82. The van der Waals surface area contributed by atoms with Gasteiger partial charge in [-0.15, -0.1) is 0 Å². The number of hydrogen-bond donors (Lipinski definition) is 0. The van der Waals surface area contributed by atoms with Crippen LogP contribution < -0.4 is 0 Å². The lowest BCUT2D eigenvalue weighted by Crippen LogP contribution is -2.08. The fraction of sp³-hybridized carbons (Fsp3) is 0.0333. The molecule has 7 aromatic rings. The zero-order valence-electron chi connectivity index (χ0n) is 18.5. The molecule has 3 nitrogen and oxygen atoms in total. The zero-order chi connectivity index (χ0) is 22.8. The molecule has 0 saturated heterocycles. The molecular formula is C30H20ClN3. The summed E-state index contributed by atoms with van der Waals surface area (Å²) in [6.07, 6.45) is 1.77. The molecule has 0 aliphatic carbocycles. The number of fused-ring (bicyclic) bond motifs is 6. The van der Waals surface area contributed by atoms with Crippen LogP contribution in [0.4, 0.5) is 0 Å². The van der Waals surface area contributed by atoms with Crippen molar-refractivity contribution < 1.29 is 0 Å². The van der Waals surface area contributed by atoms with E-state index >= 15 is 0 Å². The first-order valence-corrected chi connectivity index (χ1v) is 11.7. The Balaban J connectivity index is 1.71. The smallest absolute Gasteiger partial charge is 0.162 e. The average molecular weight is 458 g/mol. The normalized spacial score (nSPS) is 11.8. The number of pyridine rings is 1. The summed E-state index contributed by atoms with van der Waals surface area (Å²) < 4.78 is 4.59. The summed E-state index contributed by atoms with van der Waals surface area (Å²) in [6, 6.07) is 34.1. The maximum atomic E-state index is 6.72. The van der Waals surface area contributed by atoms with Crippen LogP contribution in [-0.4, -0.2) is 14.1 Å². The molecule has 0 aliphatic rings. The van der Waals surface area contributed by atoms with Gasteiger partial charge in [0, 0.05) is 27.7 Å². The SMILES string of the molecule is Cc1c(Cl)cnc(-n2c3ccccc3c3ccccc32)c1-n1c2ccccc2c2ccccc21. The third kappa shape index (κ3) is 2.56. The van der Waals surface area contributed by atoms with E-state index in [2.05, 4.69) is 113 Å². The average Bonchev–Trinajstić information content (AvgIpc) is 3.39. The highest BCUT2D eigenvalue weighted by atomic mass is 35.5. The van der Waals surface area contributed by atoms with Crippen LogP contribution in [0.15, 0.2) is 103 Å². The van der Waals surface area contributed by atoms with Gasteiger partial charge in [-0.25, -0.2) is 4.98 Å². The van der Waals surface area contributed by atoms with Crippen molar-refractivity contribution in [2.24, 2.45) is 0 Å². The summed E-state index contributed by atoms with van der Waals surface area (Å²) in [6.45, 7) is 2.08. The molecule has 4 heteroatoms. The molecule has 0 atom stereocenters. The van der Waals surface area contributed by atoms with Gasteiger partial charge >= 0.3 is 0 Å². The first-order valence-electron chi connectivity index (χ1n) is 11.4. The molecule has 0 unspecified atom stereocenters. The minimum atomic E-state index is 0.654. The van der Waals surface area contributed by atoms with E-state index < -0.39 is 0 Å². The highest BCUT2D eigenvalue weighted by Gasteiger charge is 2.22. The molecule has 0 radical (unpaired) electrons. The molecule has 0 spiro atoms. The maximum Gasteiger partial charge on any atom is 0.162 e. The Labute approximate surface area is 201 Å². The van der Waals surface area contributed by atoms with Crippen molar-refractivity contribution in [3.8, 4) is 11.5 Å². The minimum Gasteiger partial charge on any atom is -0.305 e. The predicted molar refractivity (Wildman–Crippen MR) is 143 cm³/mol. The van der Waals surface area contributed by atoms with Gasteiger partial charge in [0.25, 0.3) is 0 Å². The second-order valence-corrected chi connectivity index (χ2v) is 9.05. The van der Waals surface area contributed by atoms with Crippen LogP contribution in [0.3, 0.4) is 0 Å². The molecule has 0 N–H and O–H groups in total. The zero-order valence-corrected chi connectivity index (χ0v) is 19.3. The second-order valence-electron chi connectivity index (χ2n) is 8.64. The molecule has 0 saturated carbocycles. The van der Waals surface area contributed by atoms with E-state index in [0.717, 1.165) is 39.1 Å². The van der Waals surface area contributed by atoms with Gasteiger partial charge in [-0.05, 0) is 36.8 Å². The number of aromatic nitrogens is 3. The monoisotopic (exact) mass is 457 g/mol. The van der Waals surface area contributed by atoms with E-state index in [1.54, 1.807) is 6.20 Å². The van der Waals surface area contributed by atoms with E-state index in [9.17, 15) is 0 Å². The molecule has 162 valence electrons. The predicted octanol–water partition coefficient (Wildman–Crippen LogP) is 8.24. The van der Waals surface area contributed by atoms with Crippen molar-refractivity contribution in [3.63, 3.8) is 0 Å². The number of nitrogens with zero attached hydrogens (tertiary/aromatic N) is 3. The quantitative estimate of drug-likeness (QED) is 0.256. The van der Waals surface area contributed by atoms with Gasteiger partial charge in [0.05, 0.1) is 32.8 Å². The highest BCUT2D eigenvalue weighted by Crippen LogP contribution is 2.39. The van der Waals surface area contributed by atoms with Crippen molar-refractivity contribution >= 4 is 55.2 Å². The van der Waals surface area contributed by atoms with Crippen molar-refractivity contribution in [1.29, 1.82) is 0 Å². The molecule has 0 bridgehead atoms. The number of benzene rings is 4. The highest BCUT2D eigenvalue weighted by molar-refractivity contribution is 6.31. The van der Waals surface area contributed by atoms with Gasteiger partial charge in [0.15, 0.2) is 5.82 Å². The summed E-state index contributed by atoms with van der Waals surface area (Å²) in [5, 5.41) is 5.50. The van der Waals surface area contributed by atoms with Crippen molar-refractivity contribution in [3.05, 3.63) is 114 Å². The largest absolute Gasteiger partial charge is 0.305 e. The lowest BCUT2D eigenvalue weighted by molar-refractivity contribution is 1.01. The number of hydrogen-bond acceptors (Lipinski definition) is 1. The van der Waals surface area contributed by atoms with Gasteiger partial charge in [0.1, 0.15) is 0 Å². The van der Waals surface area contributed by atoms with E-state index in [1.807, 2.05) is 0 Å². The van der Waals surface area contributed by atoms with Crippen LogP contribution in [0.25, 0.3) is 55.1 Å². The van der Waals surface area contributed by atoms with Crippen LogP contribution in [0.1, 0.15) is 5.56 Å². The molecule has 7 rings (SSSR count). The molecule has 4 aromatic carbocycles. The fourth-order valence-corrected chi connectivity index (χ4v) is 5.44. The Morgan fingerprint density at radius 2 is 0.941 bits per heavy atom. The van der Waals surface area contributed by atoms with Crippen molar-refractivity contribution in [2.45, 2.75) is 6.92 Å². The second kappa shape index (κ2) is 7.21. The lowest BCUT2D eigenvalue weighted by atomic mass is 10.2.